The summed E-state index contributed by atoms with van der Waals surface area (Å²) in [6.45, 7) is 6.61. The highest BCUT2D eigenvalue weighted by Gasteiger charge is 2.43. The molecule has 11 rings (SSSR count). The van der Waals surface area contributed by atoms with E-state index in [1.165, 1.54) is 53.9 Å². The van der Waals surface area contributed by atoms with Gasteiger partial charge >= 0.3 is 0 Å². The van der Waals surface area contributed by atoms with Crippen molar-refractivity contribution in [1.29, 1.82) is 0 Å². The molecule has 6 heteroatoms. The molecule has 336 valence electrons. The van der Waals surface area contributed by atoms with Crippen molar-refractivity contribution in [3.8, 4) is 0 Å². The molecular weight excluding hydrogens is 827 g/mol. The first-order chi connectivity index (χ1) is 32.9. The number of hydrogen-bond acceptors (Lipinski definition) is 4. The highest BCUT2D eigenvalue weighted by atomic mass is 19.1. The highest BCUT2D eigenvalue weighted by molar-refractivity contribution is 5.80. The van der Waals surface area contributed by atoms with Crippen LogP contribution in [0.15, 0.2) is 212 Å². The molecule has 2 heterocycles. The van der Waals surface area contributed by atoms with E-state index in [-0.39, 0.29) is 35.7 Å². The molecule has 0 N–H and O–H groups in total. The second-order valence-corrected chi connectivity index (χ2v) is 18.9. The number of benzene rings is 5. The smallest absolute Gasteiger partial charge is 0.123 e. The Morgan fingerprint density at radius 2 is 1.54 bits per heavy atom. The van der Waals surface area contributed by atoms with Crippen LogP contribution in [0.3, 0.4) is 0 Å². The Morgan fingerprint density at radius 3 is 2.31 bits per heavy atom. The van der Waals surface area contributed by atoms with E-state index < -0.39 is 0 Å². The first-order valence-electron chi connectivity index (χ1n) is 24.4. The number of hydrogen-bond donors (Lipinski definition) is 0. The second-order valence-electron chi connectivity index (χ2n) is 18.9. The lowest BCUT2D eigenvalue weighted by molar-refractivity contribution is 0.375. The molecule has 0 saturated heterocycles. The summed E-state index contributed by atoms with van der Waals surface area (Å²) in [5.74, 6) is 0.260. The zero-order valence-corrected chi connectivity index (χ0v) is 38.3. The lowest BCUT2D eigenvalue weighted by atomic mass is 9.82. The van der Waals surface area contributed by atoms with Crippen LogP contribution in [0.2, 0.25) is 0 Å². The Kier molecular flexibility index (Phi) is 11.7. The van der Waals surface area contributed by atoms with Crippen LogP contribution < -0.4 is 19.6 Å². The Hall–Kier alpha value is -6.92. The van der Waals surface area contributed by atoms with Crippen molar-refractivity contribution < 1.29 is 8.78 Å². The van der Waals surface area contributed by atoms with E-state index in [0.717, 1.165) is 58.8 Å². The molecule has 0 radical (unpaired) electrons. The van der Waals surface area contributed by atoms with Gasteiger partial charge in [-0.25, -0.2) is 8.78 Å². The zero-order valence-electron chi connectivity index (χ0n) is 38.3. The van der Waals surface area contributed by atoms with E-state index in [1.807, 2.05) is 18.2 Å². The van der Waals surface area contributed by atoms with Gasteiger partial charge < -0.3 is 19.6 Å². The number of para-hydroxylation sites is 2. The predicted octanol–water partition coefficient (Wildman–Crippen LogP) is 15.8. The summed E-state index contributed by atoms with van der Waals surface area (Å²) < 4.78 is 28.1. The van der Waals surface area contributed by atoms with Crippen molar-refractivity contribution in [2.45, 2.75) is 94.3 Å². The van der Waals surface area contributed by atoms with E-state index in [9.17, 15) is 8.78 Å². The largest absolute Gasteiger partial charge is 0.361 e. The van der Waals surface area contributed by atoms with Gasteiger partial charge in [-0.3, -0.25) is 0 Å². The van der Waals surface area contributed by atoms with Crippen LogP contribution in [-0.2, 0) is 0 Å². The molecule has 67 heavy (non-hydrogen) atoms. The molecule has 0 aromatic heterocycles. The molecule has 1 saturated carbocycles. The van der Waals surface area contributed by atoms with Crippen molar-refractivity contribution in [3.63, 3.8) is 0 Å². The Bertz CT molecular complexity index is 2870. The minimum atomic E-state index is -0.230. The normalized spacial score (nSPS) is 23.1. The van der Waals surface area contributed by atoms with Crippen molar-refractivity contribution in [1.82, 2.24) is 0 Å². The third-order valence-corrected chi connectivity index (χ3v) is 14.9. The maximum absolute atomic E-state index is 14.1. The van der Waals surface area contributed by atoms with E-state index in [1.54, 1.807) is 24.3 Å². The van der Waals surface area contributed by atoms with E-state index >= 15 is 0 Å². The topological polar surface area (TPSA) is 13.0 Å². The van der Waals surface area contributed by atoms with E-state index in [4.69, 9.17) is 0 Å². The van der Waals surface area contributed by atoms with Gasteiger partial charge in [0.05, 0.1) is 12.1 Å². The van der Waals surface area contributed by atoms with Crippen LogP contribution in [0.4, 0.5) is 42.9 Å². The number of allylic oxidation sites excluding steroid dienone is 8. The Labute approximate surface area is 395 Å². The van der Waals surface area contributed by atoms with Crippen molar-refractivity contribution in [3.05, 3.63) is 234 Å². The maximum atomic E-state index is 14.1. The van der Waals surface area contributed by atoms with Crippen LogP contribution in [-0.4, -0.2) is 24.2 Å². The molecular formula is C61H58F2N4. The summed E-state index contributed by atoms with van der Waals surface area (Å²) >= 11 is 0. The fourth-order valence-electron chi connectivity index (χ4n) is 11.8. The van der Waals surface area contributed by atoms with Gasteiger partial charge in [-0.15, -0.1) is 0 Å². The monoisotopic (exact) mass is 884 g/mol. The molecule has 0 spiro atoms. The maximum Gasteiger partial charge on any atom is 0.123 e. The van der Waals surface area contributed by atoms with Crippen molar-refractivity contribution >= 4 is 39.7 Å². The van der Waals surface area contributed by atoms with Crippen LogP contribution in [0.25, 0.3) is 5.57 Å². The van der Waals surface area contributed by atoms with Crippen LogP contribution >= 0.6 is 0 Å². The summed E-state index contributed by atoms with van der Waals surface area (Å²) in [5.41, 5.74) is 14.2. The number of halogens is 2. The van der Waals surface area contributed by atoms with Gasteiger partial charge in [-0.05, 0) is 165 Å². The number of nitrogens with zero attached hydrogens (tertiary/aromatic N) is 4. The molecule has 6 atom stereocenters. The van der Waals surface area contributed by atoms with Gasteiger partial charge in [0.1, 0.15) is 11.6 Å². The SMILES string of the molecule is C=C/C(=C\CC(C)N(C1=CC2c3ccccc3N(c3ccc(F)cc3)C2C=C1)c1ccccc1)c1ccc(N(C2=CCCC=C2)c2ccc3c(c2)C2CCCCC2N3C2C=CC(F)=CC2)cc1. The predicted molar refractivity (Wildman–Crippen MR) is 276 cm³/mol. The van der Waals surface area contributed by atoms with Crippen molar-refractivity contribution in [2.24, 2.45) is 0 Å². The van der Waals surface area contributed by atoms with Gasteiger partial charge in [0.15, 0.2) is 0 Å². The number of fused-ring (bicyclic) bond motifs is 6. The average Bonchev–Trinajstić information content (AvgIpc) is 3.88. The summed E-state index contributed by atoms with van der Waals surface area (Å²) in [7, 11) is 0. The Morgan fingerprint density at radius 1 is 0.746 bits per heavy atom. The third kappa shape index (κ3) is 8.11. The lowest BCUT2D eigenvalue weighted by Gasteiger charge is -2.38. The van der Waals surface area contributed by atoms with Gasteiger partial charge in [0.2, 0.25) is 0 Å². The van der Waals surface area contributed by atoms with Crippen LogP contribution in [0.5, 0.6) is 0 Å². The highest BCUT2D eigenvalue weighted by Crippen LogP contribution is 2.52. The zero-order chi connectivity index (χ0) is 45.4. The summed E-state index contributed by atoms with van der Waals surface area (Å²) in [5, 5.41) is 0. The molecule has 2 aliphatic heterocycles. The third-order valence-electron chi connectivity index (χ3n) is 14.9. The van der Waals surface area contributed by atoms with Crippen molar-refractivity contribution in [2.75, 3.05) is 19.6 Å². The summed E-state index contributed by atoms with van der Waals surface area (Å²) in [6, 6.07) is 43.1. The first-order valence-corrected chi connectivity index (χ1v) is 24.4. The summed E-state index contributed by atoms with van der Waals surface area (Å²) in [4.78, 5) is 9.85. The fourth-order valence-corrected chi connectivity index (χ4v) is 11.8. The molecule has 0 bridgehead atoms. The molecule has 6 aliphatic rings. The molecule has 5 aromatic carbocycles. The quantitative estimate of drug-likeness (QED) is 0.116. The minimum absolute atomic E-state index is 0.0865. The number of rotatable bonds is 12. The van der Waals surface area contributed by atoms with Gasteiger partial charge in [-0.2, -0.15) is 0 Å². The van der Waals surface area contributed by atoms with Gasteiger partial charge in [-0.1, -0.05) is 110 Å². The van der Waals surface area contributed by atoms with E-state index in [0.29, 0.717) is 18.4 Å². The molecule has 6 unspecified atom stereocenters. The second kappa shape index (κ2) is 18.4. The standard InChI is InChI=1S/C61H58F2N4/c1-3-43(23-22-42(2)64(47-14-6-4-7-15-47)52-36-38-60-56(40-52)54-18-10-12-20-58(54)66(60)50-32-26-45(62)27-33-50)44-24-30-49(31-25-44)65(48-16-8-5-9-17-48)53-37-39-61-57(41-53)55-19-11-13-21-59(55)67(61)51-34-28-46(63)29-35-51/h3-4,6-8,10,12,14-18,20,23-34,36-42,51,55-56,59-60H,1,5,9,11,13,19,21-22,35H2,2H3/b43-23+. The molecule has 0 amide bonds. The van der Waals surface area contributed by atoms with E-state index in [2.05, 4.69) is 179 Å². The summed E-state index contributed by atoms with van der Waals surface area (Å²) in [6.07, 6.45) is 32.2. The molecule has 5 aromatic rings. The fraction of sp³-hybridized carbons (Fsp3) is 0.246. The average molecular weight is 885 g/mol. The molecule has 4 nitrogen and oxygen atoms in total. The number of anilines is 6. The van der Waals surface area contributed by atoms with Gasteiger partial charge in [0.25, 0.3) is 0 Å². The lowest BCUT2D eigenvalue weighted by Crippen LogP contribution is -2.42. The van der Waals surface area contributed by atoms with Crippen LogP contribution in [0, 0.1) is 5.82 Å². The molecule has 1 fully saturated rings. The molecule has 4 aliphatic carbocycles. The minimum Gasteiger partial charge on any atom is -0.361 e. The van der Waals surface area contributed by atoms with Gasteiger partial charge in [0, 0.05) is 69.4 Å². The van der Waals surface area contributed by atoms with Crippen LogP contribution in [0.1, 0.15) is 86.8 Å². The first kappa shape index (κ1) is 42.7. The Balaban J connectivity index is 0.869.